The SMILES string of the molecule is O=C1CCC(N2Cc3cc(CNC4(C(F)(F)F)CCNC4)ccc3C2=O)C(=O)N1. The van der Waals surface area contributed by atoms with Gasteiger partial charge in [0.15, 0.2) is 0 Å². The molecule has 1 aromatic rings. The van der Waals surface area contributed by atoms with Gasteiger partial charge in [-0.1, -0.05) is 12.1 Å². The van der Waals surface area contributed by atoms with Crippen LogP contribution in [0.1, 0.15) is 40.7 Å². The normalized spacial score (nSPS) is 27.3. The number of hydrogen-bond donors (Lipinski definition) is 3. The highest BCUT2D eigenvalue weighted by Crippen LogP contribution is 2.35. The van der Waals surface area contributed by atoms with E-state index in [9.17, 15) is 27.6 Å². The Hall–Kier alpha value is -2.46. The summed E-state index contributed by atoms with van der Waals surface area (Å²) in [5.74, 6) is -1.16. The number of fused-ring (bicyclic) bond motifs is 1. The minimum absolute atomic E-state index is 0.0150. The second-order valence-corrected chi connectivity index (χ2v) is 7.75. The zero-order valence-corrected chi connectivity index (χ0v) is 15.6. The Morgan fingerprint density at radius 3 is 2.69 bits per heavy atom. The van der Waals surface area contributed by atoms with Crippen LogP contribution >= 0.6 is 0 Å². The maximum Gasteiger partial charge on any atom is 0.407 e. The number of halogens is 3. The molecule has 0 aliphatic carbocycles. The molecule has 156 valence electrons. The predicted molar refractivity (Wildman–Crippen MR) is 95.6 cm³/mol. The van der Waals surface area contributed by atoms with E-state index in [1.807, 2.05) is 0 Å². The largest absolute Gasteiger partial charge is 0.407 e. The number of rotatable bonds is 4. The number of carbonyl (C=O) groups excluding carboxylic acids is 3. The Morgan fingerprint density at radius 1 is 1.24 bits per heavy atom. The molecule has 3 aliphatic heterocycles. The number of benzene rings is 1. The lowest BCUT2D eigenvalue weighted by Gasteiger charge is -2.32. The number of hydrogen-bond acceptors (Lipinski definition) is 5. The van der Waals surface area contributed by atoms with Crippen molar-refractivity contribution in [2.24, 2.45) is 0 Å². The van der Waals surface area contributed by atoms with Gasteiger partial charge in [0.25, 0.3) is 5.91 Å². The van der Waals surface area contributed by atoms with Crippen molar-refractivity contribution in [3.05, 3.63) is 34.9 Å². The molecule has 0 aromatic heterocycles. The summed E-state index contributed by atoms with van der Waals surface area (Å²) >= 11 is 0. The Labute approximate surface area is 165 Å². The number of imide groups is 1. The fourth-order valence-corrected chi connectivity index (χ4v) is 4.19. The van der Waals surface area contributed by atoms with E-state index >= 15 is 0 Å². The molecule has 0 bridgehead atoms. The van der Waals surface area contributed by atoms with Gasteiger partial charge in [-0.3, -0.25) is 25.0 Å². The molecular weight excluding hydrogens is 389 g/mol. The monoisotopic (exact) mass is 410 g/mol. The van der Waals surface area contributed by atoms with Crippen LogP contribution in [0.15, 0.2) is 18.2 Å². The van der Waals surface area contributed by atoms with Gasteiger partial charge in [-0.05, 0) is 36.6 Å². The van der Waals surface area contributed by atoms with Crippen molar-refractivity contribution >= 4 is 17.7 Å². The van der Waals surface area contributed by atoms with Crippen molar-refractivity contribution in [1.29, 1.82) is 0 Å². The quantitative estimate of drug-likeness (QED) is 0.640. The number of nitrogens with zero attached hydrogens (tertiary/aromatic N) is 1. The molecule has 1 aromatic carbocycles. The zero-order valence-electron chi connectivity index (χ0n) is 15.6. The van der Waals surface area contributed by atoms with E-state index in [0.717, 1.165) is 0 Å². The summed E-state index contributed by atoms with van der Waals surface area (Å²) in [5, 5.41) is 7.65. The Kier molecular flexibility index (Phi) is 4.86. The van der Waals surface area contributed by atoms with Gasteiger partial charge >= 0.3 is 6.18 Å². The van der Waals surface area contributed by atoms with E-state index in [0.29, 0.717) is 23.2 Å². The predicted octanol–water partition coefficient (Wildman–Crippen LogP) is 0.832. The molecule has 10 heteroatoms. The molecule has 2 unspecified atom stereocenters. The maximum absolute atomic E-state index is 13.5. The molecule has 2 saturated heterocycles. The van der Waals surface area contributed by atoms with Crippen LogP contribution in [0.25, 0.3) is 0 Å². The first-order valence-electron chi connectivity index (χ1n) is 9.49. The molecule has 7 nitrogen and oxygen atoms in total. The summed E-state index contributed by atoms with van der Waals surface area (Å²) < 4.78 is 40.5. The van der Waals surface area contributed by atoms with E-state index in [1.165, 1.54) is 4.90 Å². The first-order chi connectivity index (χ1) is 13.7. The molecule has 3 aliphatic rings. The van der Waals surface area contributed by atoms with Crippen molar-refractivity contribution in [3.8, 4) is 0 Å². The van der Waals surface area contributed by atoms with Gasteiger partial charge in [0.2, 0.25) is 11.8 Å². The van der Waals surface area contributed by atoms with E-state index in [1.54, 1.807) is 18.2 Å². The average molecular weight is 410 g/mol. The smallest absolute Gasteiger partial charge is 0.322 e. The van der Waals surface area contributed by atoms with Crippen LogP contribution in [0.3, 0.4) is 0 Å². The number of alkyl halides is 3. The molecule has 2 atom stereocenters. The molecule has 2 fully saturated rings. The summed E-state index contributed by atoms with van der Waals surface area (Å²) in [6.45, 7) is 0.330. The Balaban J connectivity index is 1.48. The Bertz CT molecular complexity index is 865. The average Bonchev–Trinajstić information content (AvgIpc) is 3.26. The zero-order chi connectivity index (χ0) is 20.8. The van der Waals surface area contributed by atoms with Gasteiger partial charge in [-0.2, -0.15) is 13.2 Å². The van der Waals surface area contributed by atoms with Crippen molar-refractivity contribution in [2.75, 3.05) is 13.1 Å². The van der Waals surface area contributed by atoms with Crippen LogP contribution in [0.4, 0.5) is 13.2 Å². The molecule has 3 amide bonds. The second-order valence-electron chi connectivity index (χ2n) is 7.75. The van der Waals surface area contributed by atoms with Gasteiger partial charge in [0.1, 0.15) is 11.6 Å². The summed E-state index contributed by atoms with van der Waals surface area (Å²) in [7, 11) is 0. The number of carbonyl (C=O) groups is 3. The lowest BCUT2D eigenvalue weighted by atomic mass is 9.97. The molecule has 4 rings (SSSR count). The fourth-order valence-electron chi connectivity index (χ4n) is 4.19. The van der Waals surface area contributed by atoms with E-state index in [4.69, 9.17) is 0 Å². The van der Waals surface area contributed by atoms with Crippen LogP contribution in [-0.4, -0.2) is 53.5 Å². The van der Waals surface area contributed by atoms with Gasteiger partial charge in [-0.25, -0.2) is 0 Å². The number of nitrogens with one attached hydrogen (secondary N) is 3. The molecule has 3 N–H and O–H groups in total. The maximum atomic E-state index is 13.5. The molecule has 29 heavy (non-hydrogen) atoms. The van der Waals surface area contributed by atoms with Crippen molar-refractivity contribution in [1.82, 2.24) is 20.9 Å². The third kappa shape index (κ3) is 3.51. The highest BCUT2D eigenvalue weighted by molar-refractivity contribution is 6.05. The molecule has 0 spiro atoms. The van der Waals surface area contributed by atoms with E-state index in [2.05, 4.69) is 16.0 Å². The summed E-state index contributed by atoms with van der Waals surface area (Å²) in [4.78, 5) is 37.5. The number of piperidine rings is 1. The fraction of sp³-hybridized carbons (Fsp3) is 0.526. The summed E-state index contributed by atoms with van der Waals surface area (Å²) in [5.41, 5.74) is -0.214. The van der Waals surface area contributed by atoms with Crippen molar-refractivity contribution in [2.45, 2.75) is 50.1 Å². The molecular formula is C19H21F3N4O3. The third-order valence-electron chi connectivity index (χ3n) is 5.92. The summed E-state index contributed by atoms with van der Waals surface area (Å²) in [6, 6.07) is 4.21. The van der Waals surface area contributed by atoms with Gasteiger partial charge in [0.05, 0.1) is 0 Å². The van der Waals surface area contributed by atoms with E-state index < -0.39 is 23.7 Å². The van der Waals surface area contributed by atoms with Crippen molar-refractivity contribution < 1.29 is 27.6 Å². The summed E-state index contributed by atoms with van der Waals surface area (Å²) in [6.07, 6.45) is -3.98. The van der Waals surface area contributed by atoms with Gasteiger partial charge in [-0.15, -0.1) is 0 Å². The first-order valence-corrected chi connectivity index (χ1v) is 9.49. The molecule has 0 radical (unpaired) electrons. The topological polar surface area (TPSA) is 90.5 Å². The van der Waals surface area contributed by atoms with Crippen LogP contribution in [0.2, 0.25) is 0 Å². The molecule has 3 heterocycles. The minimum atomic E-state index is -4.37. The highest BCUT2D eigenvalue weighted by atomic mass is 19.4. The van der Waals surface area contributed by atoms with Gasteiger partial charge in [0, 0.05) is 31.6 Å². The lowest BCUT2D eigenvalue weighted by molar-refractivity contribution is -0.191. The first kappa shape index (κ1) is 19.8. The molecule has 0 saturated carbocycles. The van der Waals surface area contributed by atoms with Gasteiger partial charge < -0.3 is 10.2 Å². The van der Waals surface area contributed by atoms with Crippen LogP contribution in [-0.2, 0) is 22.7 Å². The van der Waals surface area contributed by atoms with E-state index in [-0.39, 0.29) is 50.7 Å². The van der Waals surface area contributed by atoms with Crippen LogP contribution < -0.4 is 16.0 Å². The van der Waals surface area contributed by atoms with Crippen LogP contribution in [0, 0.1) is 0 Å². The minimum Gasteiger partial charge on any atom is -0.322 e. The number of amides is 3. The lowest BCUT2D eigenvalue weighted by Crippen LogP contribution is -2.57. The standard InChI is InChI=1S/C19H21F3N4O3/c20-19(21,22)18(5-6-23-10-18)24-8-11-1-2-13-12(7-11)9-26(17(13)29)14-3-4-15(27)25-16(14)28/h1-2,7,14,23-24H,3-6,8-10H2,(H,25,27,28). The van der Waals surface area contributed by atoms with Crippen LogP contribution in [0.5, 0.6) is 0 Å². The highest BCUT2D eigenvalue weighted by Gasteiger charge is 2.55. The van der Waals surface area contributed by atoms with Crippen molar-refractivity contribution in [3.63, 3.8) is 0 Å². The Morgan fingerprint density at radius 2 is 2.03 bits per heavy atom. The second kappa shape index (κ2) is 7.10. The third-order valence-corrected chi connectivity index (χ3v) is 5.92.